The van der Waals surface area contributed by atoms with E-state index in [2.05, 4.69) is 10.3 Å². The number of nitrogens with one attached hydrogen (secondary N) is 1. The summed E-state index contributed by atoms with van der Waals surface area (Å²) in [6.07, 6.45) is 0. The number of aliphatic hydroxyl groups is 1. The highest BCUT2D eigenvalue weighted by molar-refractivity contribution is 7.09. The SMILES string of the molecule is Cc1csc(C(C)NC(=O)N(C)C(C)CO)n1. The zero-order chi connectivity index (χ0) is 13.0. The van der Waals surface area contributed by atoms with Gasteiger partial charge in [-0.2, -0.15) is 0 Å². The molecule has 1 rings (SSSR count). The molecule has 1 heterocycles. The monoisotopic (exact) mass is 257 g/mol. The van der Waals surface area contributed by atoms with E-state index in [-0.39, 0.29) is 24.7 Å². The van der Waals surface area contributed by atoms with E-state index in [1.54, 1.807) is 14.0 Å². The lowest BCUT2D eigenvalue weighted by molar-refractivity contribution is 0.155. The maximum Gasteiger partial charge on any atom is 0.318 e. The van der Waals surface area contributed by atoms with E-state index in [4.69, 9.17) is 5.11 Å². The number of hydrogen-bond donors (Lipinski definition) is 2. The molecular formula is C11H19N3O2S. The van der Waals surface area contributed by atoms with Crippen LogP contribution < -0.4 is 5.32 Å². The van der Waals surface area contributed by atoms with Crippen LogP contribution in [0.3, 0.4) is 0 Å². The lowest BCUT2D eigenvalue weighted by Gasteiger charge is -2.25. The zero-order valence-electron chi connectivity index (χ0n) is 10.6. The predicted octanol–water partition coefficient (Wildman–Crippen LogP) is 1.53. The molecule has 0 saturated heterocycles. The number of likely N-dealkylation sites (N-methyl/N-ethyl adjacent to an activating group) is 1. The van der Waals surface area contributed by atoms with Crippen LogP contribution in [0.1, 0.15) is 30.6 Å². The molecule has 5 nitrogen and oxygen atoms in total. The van der Waals surface area contributed by atoms with Crippen molar-refractivity contribution < 1.29 is 9.90 Å². The van der Waals surface area contributed by atoms with Crippen LogP contribution in [0.15, 0.2) is 5.38 Å². The average Bonchev–Trinajstić information content (AvgIpc) is 2.73. The molecule has 17 heavy (non-hydrogen) atoms. The summed E-state index contributed by atoms with van der Waals surface area (Å²) in [5.41, 5.74) is 0.961. The number of rotatable bonds is 4. The number of nitrogens with zero attached hydrogens (tertiary/aromatic N) is 2. The van der Waals surface area contributed by atoms with E-state index >= 15 is 0 Å². The molecule has 0 aliphatic heterocycles. The molecule has 0 radical (unpaired) electrons. The number of aryl methyl sites for hydroxylation is 1. The number of aromatic nitrogens is 1. The van der Waals surface area contributed by atoms with Gasteiger partial charge in [0, 0.05) is 18.1 Å². The first-order chi connectivity index (χ1) is 7.95. The molecule has 0 fully saturated rings. The van der Waals surface area contributed by atoms with E-state index in [1.807, 2.05) is 19.2 Å². The number of urea groups is 1. The van der Waals surface area contributed by atoms with Gasteiger partial charge >= 0.3 is 6.03 Å². The Kier molecular flexibility index (Phi) is 4.89. The summed E-state index contributed by atoms with van der Waals surface area (Å²) in [4.78, 5) is 17.6. The lowest BCUT2D eigenvalue weighted by atomic mass is 10.3. The first kappa shape index (κ1) is 13.9. The number of thiazole rings is 1. The van der Waals surface area contributed by atoms with Crippen LogP contribution in [-0.2, 0) is 0 Å². The molecule has 6 heteroatoms. The van der Waals surface area contributed by atoms with Crippen molar-refractivity contribution in [2.24, 2.45) is 0 Å². The topological polar surface area (TPSA) is 65.5 Å². The van der Waals surface area contributed by atoms with Crippen molar-refractivity contribution in [3.05, 3.63) is 16.1 Å². The van der Waals surface area contributed by atoms with Gasteiger partial charge in [-0.15, -0.1) is 11.3 Å². The number of hydrogen-bond acceptors (Lipinski definition) is 4. The van der Waals surface area contributed by atoms with Crippen molar-refractivity contribution in [3.8, 4) is 0 Å². The van der Waals surface area contributed by atoms with Gasteiger partial charge < -0.3 is 15.3 Å². The van der Waals surface area contributed by atoms with Crippen molar-refractivity contribution in [1.82, 2.24) is 15.2 Å². The highest BCUT2D eigenvalue weighted by Gasteiger charge is 2.18. The van der Waals surface area contributed by atoms with Crippen molar-refractivity contribution in [3.63, 3.8) is 0 Å². The third-order valence-electron chi connectivity index (χ3n) is 2.59. The first-order valence-electron chi connectivity index (χ1n) is 5.52. The summed E-state index contributed by atoms with van der Waals surface area (Å²) >= 11 is 1.53. The molecule has 1 aromatic heterocycles. The normalized spacial score (nSPS) is 14.2. The quantitative estimate of drug-likeness (QED) is 0.859. The van der Waals surface area contributed by atoms with E-state index in [0.29, 0.717) is 0 Å². The number of carbonyl (C=O) groups is 1. The molecule has 2 atom stereocenters. The fourth-order valence-electron chi connectivity index (χ4n) is 1.24. The van der Waals surface area contributed by atoms with Gasteiger partial charge in [-0.3, -0.25) is 0 Å². The second kappa shape index (κ2) is 5.97. The molecule has 0 saturated carbocycles. The van der Waals surface area contributed by atoms with Gasteiger partial charge in [0.1, 0.15) is 5.01 Å². The predicted molar refractivity (Wildman–Crippen MR) is 68.1 cm³/mol. The Morgan fingerprint density at radius 2 is 2.29 bits per heavy atom. The highest BCUT2D eigenvalue weighted by Crippen LogP contribution is 2.17. The minimum absolute atomic E-state index is 0.0470. The van der Waals surface area contributed by atoms with Gasteiger partial charge in [0.05, 0.1) is 18.7 Å². The third-order valence-corrected chi connectivity index (χ3v) is 3.74. The maximum absolute atomic E-state index is 11.8. The van der Waals surface area contributed by atoms with Crippen LogP contribution in [-0.4, -0.2) is 40.7 Å². The molecule has 0 aliphatic rings. The maximum atomic E-state index is 11.8. The number of amides is 2. The Balaban J connectivity index is 2.57. The van der Waals surface area contributed by atoms with Crippen molar-refractivity contribution in [2.45, 2.75) is 32.9 Å². The van der Waals surface area contributed by atoms with Crippen LogP contribution in [0.25, 0.3) is 0 Å². The molecule has 96 valence electrons. The van der Waals surface area contributed by atoms with Crippen LogP contribution in [0, 0.1) is 6.92 Å². The van der Waals surface area contributed by atoms with Crippen LogP contribution >= 0.6 is 11.3 Å². The fraction of sp³-hybridized carbons (Fsp3) is 0.636. The first-order valence-corrected chi connectivity index (χ1v) is 6.40. The summed E-state index contributed by atoms with van der Waals surface area (Å²) in [6, 6.07) is -0.512. The Morgan fingerprint density at radius 3 is 2.76 bits per heavy atom. The minimum Gasteiger partial charge on any atom is -0.394 e. The molecule has 0 aliphatic carbocycles. The average molecular weight is 257 g/mol. The summed E-state index contributed by atoms with van der Waals surface area (Å²) in [6.45, 7) is 5.56. The minimum atomic E-state index is -0.202. The number of aliphatic hydroxyl groups excluding tert-OH is 1. The molecule has 2 unspecified atom stereocenters. The van der Waals surface area contributed by atoms with Gasteiger partial charge in [0.2, 0.25) is 0 Å². The van der Waals surface area contributed by atoms with Crippen LogP contribution in [0.4, 0.5) is 4.79 Å². The molecular weight excluding hydrogens is 238 g/mol. The standard InChI is InChI=1S/C11H19N3O2S/c1-7-6-17-10(12-7)9(3)13-11(16)14(4)8(2)5-15/h6,8-9,15H,5H2,1-4H3,(H,13,16). The van der Waals surface area contributed by atoms with Crippen molar-refractivity contribution in [2.75, 3.05) is 13.7 Å². The summed E-state index contributed by atoms with van der Waals surface area (Å²) in [5, 5.41) is 14.7. The highest BCUT2D eigenvalue weighted by atomic mass is 32.1. The Morgan fingerprint density at radius 1 is 1.65 bits per heavy atom. The second-order valence-corrected chi connectivity index (χ2v) is 5.03. The third kappa shape index (κ3) is 3.67. The fourth-order valence-corrected chi connectivity index (χ4v) is 2.05. The Bertz CT molecular complexity index is 381. The van der Waals surface area contributed by atoms with Crippen LogP contribution in [0.2, 0.25) is 0 Å². The summed E-state index contributed by atoms with van der Waals surface area (Å²) in [5.74, 6) is 0. The molecule has 0 aromatic carbocycles. The van der Waals surface area contributed by atoms with Crippen molar-refractivity contribution in [1.29, 1.82) is 0 Å². The van der Waals surface area contributed by atoms with E-state index < -0.39 is 0 Å². The van der Waals surface area contributed by atoms with Gasteiger partial charge in [-0.25, -0.2) is 9.78 Å². The molecule has 2 amide bonds. The van der Waals surface area contributed by atoms with E-state index in [9.17, 15) is 4.79 Å². The van der Waals surface area contributed by atoms with Crippen LogP contribution in [0.5, 0.6) is 0 Å². The smallest absolute Gasteiger partial charge is 0.318 e. The Labute approximate surface area is 105 Å². The van der Waals surface area contributed by atoms with Gasteiger partial charge in [0.25, 0.3) is 0 Å². The molecule has 1 aromatic rings. The van der Waals surface area contributed by atoms with E-state index in [0.717, 1.165) is 10.7 Å². The lowest BCUT2D eigenvalue weighted by Crippen LogP contribution is -2.44. The molecule has 0 bridgehead atoms. The van der Waals surface area contributed by atoms with Gasteiger partial charge in [-0.05, 0) is 20.8 Å². The number of carbonyl (C=O) groups excluding carboxylic acids is 1. The van der Waals surface area contributed by atoms with Gasteiger partial charge in [0.15, 0.2) is 0 Å². The summed E-state index contributed by atoms with van der Waals surface area (Å²) < 4.78 is 0. The van der Waals surface area contributed by atoms with Crippen molar-refractivity contribution >= 4 is 17.4 Å². The summed E-state index contributed by atoms with van der Waals surface area (Å²) in [7, 11) is 1.66. The molecule has 2 N–H and O–H groups in total. The second-order valence-electron chi connectivity index (χ2n) is 4.14. The zero-order valence-corrected chi connectivity index (χ0v) is 11.4. The molecule has 0 spiro atoms. The largest absolute Gasteiger partial charge is 0.394 e. The Hall–Kier alpha value is -1.14. The van der Waals surface area contributed by atoms with Gasteiger partial charge in [-0.1, -0.05) is 0 Å². The van der Waals surface area contributed by atoms with E-state index in [1.165, 1.54) is 16.2 Å².